The van der Waals surface area contributed by atoms with Crippen molar-refractivity contribution in [1.29, 1.82) is 0 Å². The van der Waals surface area contributed by atoms with Crippen LogP contribution < -0.4 is 16.3 Å². The average molecular weight is 509 g/mol. The maximum Gasteiger partial charge on any atom is 0.335 e. The predicted octanol–water partition coefficient (Wildman–Crippen LogP) is 3.76. The molecule has 9 nitrogen and oxygen atoms in total. The van der Waals surface area contributed by atoms with Crippen LogP contribution in [0.2, 0.25) is 5.02 Å². The van der Waals surface area contributed by atoms with Crippen molar-refractivity contribution in [2.24, 2.45) is 0 Å². The summed E-state index contributed by atoms with van der Waals surface area (Å²) in [4.78, 5) is 28.6. The Morgan fingerprint density at radius 2 is 2.03 bits per heavy atom. The number of rotatable bonds is 7. The van der Waals surface area contributed by atoms with E-state index in [-0.39, 0.29) is 17.5 Å². The Bertz CT molecular complexity index is 1400. The number of hydrogen-bond donors (Lipinski definition) is 1. The van der Waals surface area contributed by atoms with Gasteiger partial charge in [0.05, 0.1) is 11.7 Å². The second kappa shape index (κ2) is 10.1. The van der Waals surface area contributed by atoms with Gasteiger partial charge in [0.15, 0.2) is 11.5 Å². The van der Waals surface area contributed by atoms with Crippen LogP contribution in [0.5, 0.6) is 0 Å². The molecule has 1 aromatic carbocycles. The Morgan fingerprint density at radius 3 is 2.80 bits per heavy atom. The number of fused-ring (bicyclic) bond motifs is 1. The molecular weight excluding hydrogens is 484 g/mol. The first kappa shape index (κ1) is 23.4. The van der Waals surface area contributed by atoms with Gasteiger partial charge in [0.25, 0.3) is 0 Å². The largest absolute Gasteiger partial charge is 0.382 e. The highest BCUT2D eigenvalue weighted by Crippen LogP contribution is 2.30. The Labute approximate surface area is 212 Å². The van der Waals surface area contributed by atoms with Gasteiger partial charge in [-0.15, -0.1) is 0 Å². The van der Waals surface area contributed by atoms with E-state index in [9.17, 15) is 4.79 Å². The molecule has 180 valence electrons. The van der Waals surface area contributed by atoms with Crippen molar-refractivity contribution >= 4 is 46.3 Å². The topological polar surface area (TPSA) is 98.1 Å². The van der Waals surface area contributed by atoms with Gasteiger partial charge in [-0.2, -0.15) is 0 Å². The molecule has 0 amide bonds. The molecule has 0 spiro atoms. The van der Waals surface area contributed by atoms with E-state index >= 15 is 0 Å². The monoisotopic (exact) mass is 508 g/mol. The minimum Gasteiger partial charge on any atom is -0.382 e. The molecule has 1 aliphatic rings. The van der Waals surface area contributed by atoms with Gasteiger partial charge < -0.3 is 10.6 Å². The number of imidazole rings is 1. The van der Waals surface area contributed by atoms with Crippen molar-refractivity contribution < 1.29 is 0 Å². The lowest BCUT2D eigenvalue weighted by atomic mass is 10.2. The molecule has 35 heavy (non-hydrogen) atoms. The number of aromatic nitrogens is 5. The molecule has 4 heterocycles. The van der Waals surface area contributed by atoms with Gasteiger partial charge in [-0.3, -0.25) is 9.13 Å². The van der Waals surface area contributed by atoms with Crippen LogP contribution in [0.1, 0.15) is 12.5 Å². The van der Waals surface area contributed by atoms with Crippen LogP contribution in [0, 0.1) is 0 Å². The van der Waals surface area contributed by atoms with Gasteiger partial charge in [-0.1, -0.05) is 35.7 Å². The molecule has 0 aliphatic carbocycles. The molecule has 1 saturated heterocycles. The zero-order valence-corrected chi connectivity index (χ0v) is 20.7. The van der Waals surface area contributed by atoms with Crippen LogP contribution in [0.3, 0.4) is 0 Å². The maximum atomic E-state index is 13.6. The van der Waals surface area contributed by atoms with Crippen LogP contribution in [0.25, 0.3) is 16.9 Å². The number of anilines is 2. The van der Waals surface area contributed by atoms with Crippen molar-refractivity contribution in [1.82, 2.24) is 28.4 Å². The second-order valence-corrected chi connectivity index (χ2v) is 9.71. The first-order valence-electron chi connectivity index (χ1n) is 11.2. The Kier molecular flexibility index (Phi) is 6.76. The van der Waals surface area contributed by atoms with E-state index in [2.05, 4.69) is 35.6 Å². The molecule has 1 fully saturated rings. The molecule has 1 aliphatic heterocycles. The third-order valence-corrected chi connectivity index (χ3v) is 7.18. The number of pyridine rings is 1. The summed E-state index contributed by atoms with van der Waals surface area (Å²) in [5.74, 6) is 1.20. The fraction of sp³-hybridized carbons (Fsp3) is 0.250. The second-order valence-electron chi connectivity index (χ2n) is 8.27. The summed E-state index contributed by atoms with van der Waals surface area (Å²) in [6.07, 6.45) is 6.14. The summed E-state index contributed by atoms with van der Waals surface area (Å²) < 4.78 is 5.58. The van der Waals surface area contributed by atoms with Crippen molar-refractivity contribution in [3.8, 4) is 5.69 Å². The average Bonchev–Trinajstić information content (AvgIpc) is 3.45. The van der Waals surface area contributed by atoms with Crippen LogP contribution in [0.4, 0.5) is 11.6 Å². The molecule has 1 unspecified atom stereocenters. The highest BCUT2D eigenvalue weighted by atomic mass is 35.5. The van der Waals surface area contributed by atoms with Crippen LogP contribution >= 0.6 is 23.5 Å². The highest BCUT2D eigenvalue weighted by molar-refractivity contribution is 7.99. The van der Waals surface area contributed by atoms with Crippen LogP contribution in [0.15, 0.2) is 71.3 Å². The molecule has 5 rings (SSSR count). The predicted molar refractivity (Wildman–Crippen MR) is 142 cm³/mol. The number of likely N-dealkylation sites (N-methyl/N-ethyl adjacent to an activating group) is 1. The fourth-order valence-corrected chi connectivity index (χ4v) is 5.19. The zero-order valence-electron chi connectivity index (χ0n) is 19.2. The highest BCUT2D eigenvalue weighted by Gasteiger charge is 2.29. The number of nitrogens with two attached hydrogens (primary N) is 1. The molecule has 4 aromatic rings. The van der Waals surface area contributed by atoms with E-state index in [0.29, 0.717) is 28.4 Å². The number of nitrogens with zero attached hydrogens (tertiary/aromatic N) is 7. The zero-order chi connectivity index (χ0) is 24.4. The number of hydrogen-bond acceptors (Lipinski definition) is 8. The molecule has 0 radical (unpaired) electrons. The van der Waals surface area contributed by atoms with Gasteiger partial charge in [0, 0.05) is 37.9 Å². The Hall–Kier alpha value is -3.34. The lowest BCUT2D eigenvalue weighted by molar-refractivity contribution is 0.499. The number of halogens is 1. The Morgan fingerprint density at radius 1 is 1.20 bits per heavy atom. The number of nitrogen functional groups attached to an aromatic ring is 1. The van der Waals surface area contributed by atoms with Gasteiger partial charge in [-0.25, -0.2) is 24.1 Å². The molecule has 0 saturated carbocycles. The lowest BCUT2D eigenvalue weighted by Crippen LogP contribution is -2.28. The van der Waals surface area contributed by atoms with Crippen LogP contribution in [-0.2, 0) is 0 Å². The van der Waals surface area contributed by atoms with Crippen molar-refractivity contribution in [2.75, 3.05) is 37.3 Å². The standard InChI is InChI=1S/C24H25ClN8OS/c1-30(20-5-2-3-11-27-20)12-4-14-35-31-13-10-19(15-31)33-23-21(22(26)28-16-29-23)32(24(33)34)18-8-6-17(25)7-9-18/h2-9,11,14,16,19H,10,12-13,15H2,1H3,(H2,26,28,29)/b14-4+. The summed E-state index contributed by atoms with van der Waals surface area (Å²) in [6.45, 7) is 2.33. The van der Waals surface area contributed by atoms with Gasteiger partial charge in [-0.05, 0) is 48.2 Å². The molecule has 1 atom stereocenters. The number of benzene rings is 1. The quantitative estimate of drug-likeness (QED) is 0.377. The smallest absolute Gasteiger partial charge is 0.335 e. The van der Waals surface area contributed by atoms with E-state index in [1.807, 2.05) is 25.2 Å². The summed E-state index contributed by atoms with van der Waals surface area (Å²) in [6, 6.07) is 12.9. The third kappa shape index (κ3) is 4.77. The molecule has 11 heteroatoms. The summed E-state index contributed by atoms with van der Waals surface area (Å²) in [5.41, 5.74) is 7.75. The summed E-state index contributed by atoms with van der Waals surface area (Å²) in [7, 11) is 2.01. The molecule has 2 N–H and O–H groups in total. The lowest BCUT2D eigenvalue weighted by Gasteiger charge is -2.16. The van der Waals surface area contributed by atoms with Gasteiger partial charge in [0.1, 0.15) is 17.7 Å². The summed E-state index contributed by atoms with van der Waals surface area (Å²) in [5, 5.41) is 2.68. The molecule has 3 aromatic heterocycles. The minimum absolute atomic E-state index is 0.0232. The maximum absolute atomic E-state index is 13.6. The van der Waals surface area contributed by atoms with Crippen molar-refractivity contribution in [2.45, 2.75) is 12.5 Å². The SMILES string of the molecule is CN(C/C=C/SN1CCC(n2c(=O)n(-c3ccc(Cl)cc3)c3c(N)ncnc32)C1)c1ccccn1. The third-order valence-electron chi connectivity index (χ3n) is 5.98. The van der Waals surface area contributed by atoms with Crippen molar-refractivity contribution in [3.05, 3.63) is 82.0 Å². The first-order chi connectivity index (χ1) is 17.0. The summed E-state index contributed by atoms with van der Waals surface area (Å²) >= 11 is 7.70. The van der Waals surface area contributed by atoms with Gasteiger partial charge >= 0.3 is 5.69 Å². The van der Waals surface area contributed by atoms with E-state index in [1.165, 1.54) is 6.33 Å². The molecule has 0 bridgehead atoms. The van der Waals surface area contributed by atoms with Gasteiger partial charge in [0.2, 0.25) is 0 Å². The van der Waals surface area contributed by atoms with E-state index in [1.54, 1.807) is 51.5 Å². The minimum atomic E-state index is -0.182. The fourth-order valence-electron chi connectivity index (χ4n) is 4.25. The van der Waals surface area contributed by atoms with E-state index in [4.69, 9.17) is 17.3 Å². The van der Waals surface area contributed by atoms with Crippen molar-refractivity contribution in [3.63, 3.8) is 0 Å². The van der Waals surface area contributed by atoms with E-state index < -0.39 is 0 Å². The van der Waals surface area contributed by atoms with E-state index in [0.717, 1.165) is 25.3 Å². The van der Waals surface area contributed by atoms with Crippen LogP contribution in [-0.4, -0.2) is 55.1 Å². The normalized spacial score (nSPS) is 16.5. The first-order valence-corrected chi connectivity index (χ1v) is 12.4. The Balaban J connectivity index is 1.33. The molecular formula is C24H25ClN8OS.